The van der Waals surface area contributed by atoms with Crippen molar-refractivity contribution in [3.05, 3.63) is 0 Å². The molecular formula is C12H26N2O3S. The summed E-state index contributed by atoms with van der Waals surface area (Å²) in [6.45, 7) is 7.40. The lowest BCUT2D eigenvalue weighted by atomic mass is 10.1. The second kappa shape index (κ2) is 6.84. The lowest BCUT2D eigenvalue weighted by molar-refractivity contribution is 0.0569. The van der Waals surface area contributed by atoms with Crippen LogP contribution < -0.4 is 5.32 Å². The molecule has 1 N–H and O–H groups in total. The van der Waals surface area contributed by atoms with E-state index in [1.165, 1.54) is 0 Å². The minimum atomic E-state index is -3.21. The Bertz CT molecular complexity index is 343. The van der Waals surface area contributed by atoms with Crippen molar-refractivity contribution in [2.75, 3.05) is 26.7 Å². The summed E-state index contributed by atoms with van der Waals surface area (Å²) < 4.78 is 31.6. The predicted molar refractivity (Wildman–Crippen MR) is 73.1 cm³/mol. The normalized spacial score (nSPS) is 24.4. The van der Waals surface area contributed by atoms with Crippen LogP contribution in [0.5, 0.6) is 0 Å². The summed E-state index contributed by atoms with van der Waals surface area (Å²) >= 11 is 0. The van der Waals surface area contributed by atoms with Crippen molar-refractivity contribution < 1.29 is 13.2 Å². The van der Waals surface area contributed by atoms with Crippen molar-refractivity contribution in [3.63, 3.8) is 0 Å². The summed E-state index contributed by atoms with van der Waals surface area (Å²) in [4.78, 5) is 0. The van der Waals surface area contributed by atoms with E-state index in [0.29, 0.717) is 25.7 Å². The number of rotatable bonds is 6. The predicted octanol–water partition coefficient (Wildman–Crippen LogP) is 0.814. The Hall–Kier alpha value is -0.170. The second-order valence-electron chi connectivity index (χ2n) is 5.28. The zero-order valence-electron chi connectivity index (χ0n) is 11.8. The van der Waals surface area contributed by atoms with Crippen LogP contribution in [-0.4, -0.2) is 56.9 Å². The van der Waals surface area contributed by atoms with Gasteiger partial charge in [-0.15, -0.1) is 0 Å². The Morgan fingerprint density at radius 1 is 1.39 bits per heavy atom. The first-order valence-corrected chi connectivity index (χ1v) is 8.13. The minimum absolute atomic E-state index is 0.0405. The molecule has 1 fully saturated rings. The Kier molecular flexibility index (Phi) is 6.04. The molecule has 0 amide bonds. The van der Waals surface area contributed by atoms with Gasteiger partial charge in [0.15, 0.2) is 0 Å². The number of sulfonamides is 1. The fraction of sp³-hybridized carbons (Fsp3) is 1.00. The highest BCUT2D eigenvalue weighted by Crippen LogP contribution is 2.18. The van der Waals surface area contributed by atoms with Crippen molar-refractivity contribution in [2.24, 2.45) is 0 Å². The molecule has 1 saturated heterocycles. The maximum Gasteiger partial charge on any atom is 0.218 e. The van der Waals surface area contributed by atoms with Gasteiger partial charge in [0.1, 0.15) is 0 Å². The molecule has 1 aliphatic rings. The lowest BCUT2D eigenvalue weighted by Gasteiger charge is -2.33. The van der Waals surface area contributed by atoms with E-state index in [-0.39, 0.29) is 6.10 Å². The highest BCUT2D eigenvalue weighted by molar-refractivity contribution is 7.89. The molecule has 0 saturated carbocycles. The van der Waals surface area contributed by atoms with Gasteiger partial charge in [0, 0.05) is 32.8 Å². The zero-order valence-corrected chi connectivity index (χ0v) is 12.7. The first kappa shape index (κ1) is 15.9. The first-order valence-electron chi connectivity index (χ1n) is 6.63. The summed E-state index contributed by atoms with van der Waals surface area (Å²) in [7, 11) is -1.57. The fourth-order valence-electron chi connectivity index (χ4n) is 2.09. The third-order valence-corrected chi connectivity index (χ3v) is 5.59. The molecule has 5 nitrogen and oxygen atoms in total. The maximum absolute atomic E-state index is 12.4. The van der Waals surface area contributed by atoms with Crippen LogP contribution >= 0.6 is 0 Å². The minimum Gasteiger partial charge on any atom is -0.380 e. The molecule has 0 radical (unpaired) electrons. The molecule has 6 heteroatoms. The molecule has 1 aliphatic heterocycles. The van der Waals surface area contributed by atoms with Gasteiger partial charge in [-0.3, -0.25) is 0 Å². The molecule has 0 aromatic carbocycles. The number of hydrogen-bond acceptors (Lipinski definition) is 4. The Balaban J connectivity index is 2.61. The fourth-order valence-corrected chi connectivity index (χ4v) is 3.66. The maximum atomic E-state index is 12.4. The van der Waals surface area contributed by atoms with Crippen LogP contribution in [0.2, 0.25) is 0 Å². The second-order valence-corrected chi connectivity index (χ2v) is 7.63. The van der Waals surface area contributed by atoms with E-state index >= 15 is 0 Å². The van der Waals surface area contributed by atoms with Crippen LogP contribution in [0.1, 0.15) is 33.6 Å². The molecule has 108 valence electrons. The van der Waals surface area contributed by atoms with E-state index < -0.39 is 15.3 Å². The van der Waals surface area contributed by atoms with Crippen molar-refractivity contribution in [3.8, 4) is 0 Å². The van der Waals surface area contributed by atoms with Crippen LogP contribution in [0.25, 0.3) is 0 Å². The standard InChI is InChI=1S/C12H26N2O3S/c1-10(2)13-8-11(3)18(15,16)14-7-5-6-12(9-14)17-4/h10-13H,5-9H2,1-4H3. The first-order chi connectivity index (χ1) is 8.37. The average Bonchev–Trinajstić information content (AvgIpc) is 2.35. The molecule has 0 aromatic heterocycles. The van der Waals surface area contributed by atoms with Crippen LogP contribution in [0.3, 0.4) is 0 Å². The van der Waals surface area contributed by atoms with Gasteiger partial charge in [0.2, 0.25) is 10.0 Å². The molecule has 1 heterocycles. The lowest BCUT2D eigenvalue weighted by Crippen LogP contribution is -2.48. The molecule has 0 aromatic rings. The van der Waals surface area contributed by atoms with Gasteiger partial charge in [0.25, 0.3) is 0 Å². The van der Waals surface area contributed by atoms with Gasteiger partial charge in [-0.25, -0.2) is 8.42 Å². The number of nitrogens with zero attached hydrogens (tertiary/aromatic N) is 1. The molecule has 0 aliphatic carbocycles. The molecular weight excluding hydrogens is 252 g/mol. The monoisotopic (exact) mass is 278 g/mol. The van der Waals surface area contributed by atoms with Gasteiger partial charge in [-0.05, 0) is 19.8 Å². The molecule has 2 atom stereocenters. The SMILES string of the molecule is COC1CCCN(S(=O)(=O)C(C)CNC(C)C)C1. The van der Waals surface area contributed by atoms with Gasteiger partial charge < -0.3 is 10.1 Å². The summed E-state index contributed by atoms with van der Waals surface area (Å²) in [5.41, 5.74) is 0. The van der Waals surface area contributed by atoms with Crippen molar-refractivity contribution in [1.29, 1.82) is 0 Å². The molecule has 0 spiro atoms. The molecule has 1 rings (SSSR count). The summed E-state index contributed by atoms with van der Waals surface area (Å²) in [5.74, 6) is 0. The van der Waals surface area contributed by atoms with Crippen molar-refractivity contribution in [2.45, 2.75) is 51.0 Å². The Labute approximate surface area is 111 Å². The number of ether oxygens (including phenoxy) is 1. The topological polar surface area (TPSA) is 58.6 Å². The number of methoxy groups -OCH3 is 1. The third kappa shape index (κ3) is 4.19. The van der Waals surface area contributed by atoms with Crippen molar-refractivity contribution in [1.82, 2.24) is 9.62 Å². The van der Waals surface area contributed by atoms with E-state index in [0.717, 1.165) is 12.8 Å². The summed E-state index contributed by atoms with van der Waals surface area (Å²) in [5, 5.41) is 2.79. The smallest absolute Gasteiger partial charge is 0.218 e. The number of piperidine rings is 1. The van der Waals surface area contributed by atoms with E-state index in [4.69, 9.17) is 4.74 Å². The molecule has 0 bridgehead atoms. The summed E-state index contributed by atoms with van der Waals surface area (Å²) in [6.07, 6.45) is 1.86. The summed E-state index contributed by atoms with van der Waals surface area (Å²) in [6, 6.07) is 0.302. The van der Waals surface area contributed by atoms with Crippen LogP contribution in [0.4, 0.5) is 0 Å². The van der Waals surface area contributed by atoms with Crippen LogP contribution in [0.15, 0.2) is 0 Å². The molecule has 2 unspecified atom stereocenters. The van der Waals surface area contributed by atoms with Crippen LogP contribution in [-0.2, 0) is 14.8 Å². The Morgan fingerprint density at radius 2 is 2.06 bits per heavy atom. The number of hydrogen-bond donors (Lipinski definition) is 1. The van der Waals surface area contributed by atoms with Crippen molar-refractivity contribution >= 4 is 10.0 Å². The highest BCUT2D eigenvalue weighted by Gasteiger charge is 2.32. The average molecular weight is 278 g/mol. The van der Waals surface area contributed by atoms with Gasteiger partial charge in [-0.1, -0.05) is 13.8 Å². The zero-order chi connectivity index (χ0) is 13.8. The number of nitrogens with one attached hydrogen (secondary N) is 1. The van der Waals surface area contributed by atoms with Gasteiger partial charge >= 0.3 is 0 Å². The van der Waals surface area contributed by atoms with E-state index in [1.807, 2.05) is 13.8 Å². The van der Waals surface area contributed by atoms with E-state index in [9.17, 15) is 8.42 Å². The Morgan fingerprint density at radius 3 is 2.61 bits per heavy atom. The largest absolute Gasteiger partial charge is 0.380 e. The van der Waals surface area contributed by atoms with Crippen LogP contribution in [0, 0.1) is 0 Å². The van der Waals surface area contributed by atoms with E-state index in [2.05, 4.69) is 5.32 Å². The van der Waals surface area contributed by atoms with Gasteiger partial charge in [-0.2, -0.15) is 4.31 Å². The van der Waals surface area contributed by atoms with E-state index in [1.54, 1.807) is 18.3 Å². The molecule has 18 heavy (non-hydrogen) atoms. The van der Waals surface area contributed by atoms with Gasteiger partial charge in [0.05, 0.1) is 11.4 Å². The highest BCUT2D eigenvalue weighted by atomic mass is 32.2. The quantitative estimate of drug-likeness (QED) is 0.781. The third-order valence-electron chi connectivity index (χ3n) is 3.36.